The van der Waals surface area contributed by atoms with Crippen LogP contribution in [0, 0.1) is 0 Å². The zero-order valence-electron chi connectivity index (χ0n) is 17.5. The van der Waals surface area contributed by atoms with E-state index in [1.54, 1.807) is 29.6 Å². The zero-order valence-corrected chi connectivity index (χ0v) is 18.3. The van der Waals surface area contributed by atoms with Crippen molar-refractivity contribution in [1.29, 1.82) is 0 Å². The van der Waals surface area contributed by atoms with Gasteiger partial charge in [0.05, 0.1) is 12.0 Å². The van der Waals surface area contributed by atoms with Gasteiger partial charge in [0, 0.05) is 25.6 Å². The number of nitrogens with one attached hydrogen (secondary N) is 1. The fourth-order valence-corrected chi connectivity index (χ4v) is 5.91. The summed E-state index contributed by atoms with van der Waals surface area (Å²) >= 11 is 0. The fraction of sp³-hybridized carbons (Fsp3) is 0.682. The molecule has 1 aliphatic heterocycles. The molecule has 162 valence electrons. The minimum absolute atomic E-state index is 0.0328. The molecule has 0 atom stereocenters. The molecule has 0 aromatic heterocycles. The first-order valence-electron chi connectivity index (χ1n) is 11.0. The number of aryl methyl sites for hydroxylation is 1. The highest BCUT2D eigenvalue weighted by Crippen LogP contribution is 2.27. The molecule has 0 spiro atoms. The molecule has 2 aliphatic rings. The van der Waals surface area contributed by atoms with E-state index in [0.29, 0.717) is 31.7 Å². The van der Waals surface area contributed by atoms with Crippen LogP contribution in [-0.2, 0) is 21.2 Å². The number of rotatable bonds is 7. The molecule has 1 heterocycles. The number of carbonyl (C=O) groups excluding carboxylic acids is 1. The van der Waals surface area contributed by atoms with Crippen molar-refractivity contribution in [3.05, 3.63) is 23.8 Å². The van der Waals surface area contributed by atoms with Gasteiger partial charge in [0.15, 0.2) is 0 Å². The Kier molecular flexibility index (Phi) is 7.95. The van der Waals surface area contributed by atoms with Crippen LogP contribution in [0.1, 0.15) is 69.8 Å². The lowest BCUT2D eigenvalue weighted by molar-refractivity contribution is -0.121. The summed E-state index contributed by atoms with van der Waals surface area (Å²) in [7, 11) is -1.91. The number of nitrogens with zero attached hydrogens (tertiary/aromatic N) is 1. The first kappa shape index (κ1) is 22.1. The van der Waals surface area contributed by atoms with E-state index in [0.717, 1.165) is 31.2 Å². The maximum absolute atomic E-state index is 12.9. The largest absolute Gasteiger partial charge is 0.496 e. The summed E-state index contributed by atoms with van der Waals surface area (Å²) in [5.41, 5.74) is 0.764. The lowest BCUT2D eigenvalue weighted by Gasteiger charge is -2.21. The molecule has 1 saturated carbocycles. The Morgan fingerprint density at radius 1 is 1.07 bits per heavy atom. The zero-order chi connectivity index (χ0) is 20.7. The lowest BCUT2D eigenvalue weighted by Crippen LogP contribution is -2.35. The van der Waals surface area contributed by atoms with Crippen molar-refractivity contribution in [2.75, 3.05) is 20.2 Å². The van der Waals surface area contributed by atoms with Gasteiger partial charge in [-0.2, -0.15) is 4.31 Å². The molecular weight excluding hydrogens is 388 g/mol. The number of methoxy groups -OCH3 is 1. The van der Waals surface area contributed by atoms with Gasteiger partial charge in [-0.1, -0.05) is 32.1 Å². The first-order chi connectivity index (χ1) is 14.0. The second-order valence-electron chi connectivity index (χ2n) is 8.19. The standard InChI is InChI=1S/C22H34N2O4S/c1-28-21-13-12-20(29(26,27)24-15-7-8-16-24)17-18(21)11-14-22(25)23-19-9-5-3-2-4-6-10-19/h12-13,17,19H,2-11,14-16H2,1H3,(H,23,25). The van der Waals surface area contributed by atoms with Gasteiger partial charge in [-0.3, -0.25) is 4.79 Å². The summed E-state index contributed by atoms with van der Waals surface area (Å²) in [6.45, 7) is 1.15. The third-order valence-corrected chi connectivity index (χ3v) is 7.94. The predicted molar refractivity (Wildman–Crippen MR) is 114 cm³/mol. The normalized spacial score (nSPS) is 19.5. The molecule has 2 fully saturated rings. The molecule has 6 nitrogen and oxygen atoms in total. The van der Waals surface area contributed by atoms with Crippen molar-refractivity contribution >= 4 is 15.9 Å². The minimum atomic E-state index is -3.48. The number of hydrogen-bond donors (Lipinski definition) is 1. The van der Waals surface area contributed by atoms with Gasteiger partial charge in [-0.25, -0.2) is 8.42 Å². The lowest BCUT2D eigenvalue weighted by atomic mass is 9.96. The highest BCUT2D eigenvalue weighted by atomic mass is 32.2. The summed E-state index contributed by atoms with van der Waals surface area (Å²) in [6.07, 6.45) is 10.9. The highest BCUT2D eigenvalue weighted by Gasteiger charge is 2.28. The molecule has 7 heteroatoms. The van der Waals surface area contributed by atoms with E-state index in [1.807, 2.05) is 0 Å². The Morgan fingerprint density at radius 3 is 2.38 bits per heavy atom. The third-order valence-electron chi connectivity index (χ3n) is 6.05. The van der Waals surface area contributed by atoms with Crippen LogP contribution >= 0.6 is 0 Å². The van der Waals surface area contributed by atoms with E-state index in [9.17, 15) is 13.2 Å². The average Bonchev–Trinajstić information content (AvgIpc) is 3.24. The van der Waals surface area contributed by atoms with Gasteiger partial charge < -0.3 is 10.1 Å². The molecule has 29 heavy (non-hydrogen) atoms. The van der Waals surface area contributed by atoms with Gasteiger partial charge in [-0.05, 0) is 55.9 Å². The number of ether oxygens (including phenoxy) is 1. The second-order valence-corrected chi connectivity index (χ2v) is 10.1. The Morgan fingerprint density at radius 2 is 1.72 bits per heavy atom. The number of benzene rings is 1. The van der Waals surface area contributed by atoms with Crippen molar-refractivity contribution in [1.82, 2.24) is 9.62 Å². The van der Waals surface area contributed by atoms with E-state index >= 15 is 0 Å². The number of hydrogen-bond acceptors (Lipinski definition) is 4. The van der Waals surface area contributed by atoms with Gasteiger partial charge >= 0.3 is 0 Å². The number of sulfonamides is 1. The molecule has 1 amide bonds. The quantitative estimate of drug-likeness (QED) is 0.728. The molecule has 0 radical (unpaired) electrons. The van der Waals surface area contributed by atoms with E-state index < -0.39 is 10.0 Å². The SMILES string of the molecule is COc1ccc(S(=O)(=O)N2CCCC2)cc1CCC(=O)NC1CCCCCCC1. The monoisotopic (exact) mass is 422 g/mol. The van der Waals surface area contributed by atoms with Crippen LogP contribution < -0.4 is 10.1 Å². The Bertz CT molecular complexity index is 780. The van der Waals surface area contributed by atoms with Gasteiger partial charge in [0.2, 0.25) is 15.9 Å². The Balaban J connectivity index is 1.63. The van der Waals surface area contributed by atoms with Crippen molar-refractivity contribution in [3.63, 3.8) is 0 Å². The Labute approximate surface area is 175 Å². The highest BCUT2D eigenvalue weighted by molar-refractivity contribution is 7.89. The van der Waals surface area contributed by atoms with Crippen molar-refractivity contribution in [2.24, 2.45) is 0 Å². The third kappa shape index (κ3) is 5.95. The molecule has 1 aromatic carbocycles. The van der Waals surface area contributed by atoms with E-state index in [2.05, 4.69) is 5.32 Å². The van der Waals surface area contributed by atoms with E-state index in [4.69, 9.17) is 4.74 Å². The van der Waals surface area contributed by atoms with Crippen molar-refractivity contribution < 1.29 is 17.9 Å². The topological polar surface area (TPSA) is 75.7 Å². The summed E-state index contributed by atoms with van der Waals surface area (Å²) in [5, 5.41) is 3.18. The van der Waals surface area contributed by atoms with Crippen LogP contribution in [0.15, 0.2) is 23.1 Å². The fourth-order valence-electron chi connectivity index (χ4n) is 4.34. The molecule has 0 unspecified atom stereocenters. The summed E-state index contributed by atoms with van der Waals surface area (Å²) in [4.78, 5) is 12.8. The molecular formula is C22H34N2O4S. The second kappa shape index (κ2) is 10.4. The molecule has 1 aromatic rings. The summed E-state index contributed by atoms with van der Waals surface area (Å²) in [6, 6.07) is 5.25. The van der Waals surface area contributed by atoms with E-state index in [-0.39, 0.29) is 16.8 Å². The Hall–Kier alpha value is -1.60. The van der Waals surface area contributed by atoms with Gasteiger partial charge in [0.1, 0.15) is 5.75 Å². The molecule has 3 rings (SSSR count). The van der Waals surface area contributed by atoms with Crippen molar-refractivity contribution in [2.45, 2.75) is 81.6 Å². The van der Waals surface area contributed by atoms with Crippen LogP contribution in [-0.4, -0.2) is 44.9 Å². The maximum atomic E-state index is 12.9. The van der Waals surface area contributed by atoms with Crippen LogP contribution in [0.25, 0.3) is 0 Å². The van der Waals surface area contributed by atoms with Crippen LogP contribution in [0.3, 0.4) is 0 Å². The average molecular weight is 423 g/mol. The number of carbonyl (C=O) groups is 1. The predicted octanol–water partition coefficient (Wildman–Crippen LogP) is 3.64. The summed E-state index contributed by atoms with van der Waals surface area (Å²) in [5.74, 6) is 0.662. The van der Waals surface area contributed by atoms with Crippen LogP contribution in [0.4, 0.5) is 0 Å². The molecule has 0 bridgehead atoms. The number of amides is 1. The van der Waals surface area contributed by atoms with E-state index in [1.165, 1.54) is 32.1 Å². The summed E-state index contributed by atoms with van der Waals surface area (Å²) < 4.78 is 32.7. The molecule has 1 saturated heterocycles. The first-order valence-corrected chi connectivity index (χ1v) is 12.4. The molecule has 1 aliphatic carbocycles. The van der Waals surface area contributed by atoms with Crippen LogP contribution in [0.5, 0.6) is 5.75 Å². The molecule has 1 N–H and O–H groups in total. The van der Waals surface area contributed by atoms with Gasteiger partial charge in [0.25, 0.3) is 0 Å². The van der Waals surface area contributed by atoms with Crippen LogP contribution in [0.2, 0.25) is 0 Å². The minimum Gasteiger partial charge on any atom is -0.496 e. The maximum Gasteiger partial charge on any atom is 0.243 e. The van der Waals surface area contributed by atoms with Crippen molar-refractivity contribution in [3.8, 4) is 5.75 Å². The smallest absolute Gasteiger partial charge is 0.243 e. The van der Waals surface area contributed by atoms with Gasteiger partial charge in [-0.15, -0.1) is 0 Å².